The number of aliphatic imine (C=N–C) groups is 1. The van der Waals surface area contributed by atoms with Gasteiger partial charge >= 0.3 is 0 Å². The number of benzene rings is 2. The summed E-state index contributed by atoms with van der Waals surface area (Å²) in [5.41, 5.74) is 3.36. The van der Waals surface area contributed by atoms with Crippen molar-refractivity contribution in [2.24, 2.45) is 4.99 Å². The summed E-state index contributed by atoms with van der Waals surface area (Å²) in [7, 11) is 3.45. The van der Waals surface area contributed by atoms with Crippen molar-refractivity contribution in [2.45, 2.75) is 46.1 Å². The maximum atomic E-state index is 5.86. The van der Waals surface area contributed by atoms with E-state index < -0.39 is 0 Å². The molecule has 0 radical (unpaired) electrons. The Morgan fingerprint density at radius 2 is 1.50 bits per heavy atom. The quantitative estimate of drug-likeness (QED) is 0.336. The molecule has 28 heavy (non-hydrogen) atoms. The minimum absolute atomic E-state index is 0. The highest BCUT2D eigenvalue weighted by Gasteiger charge is 2.10. The molecular weight excluding hydrogens is 465 g/mol. The number of hydrogen-bond acceptors (Lipinski definition) is 3. The van der Waals surface area contributed by atoms with Gasteiger partial charge in [-0.15, -0.1) is 24.0 Å². The molecule has 0 spiro atoms. The van der Waals surface area contributed by atoms with E-state index in [0.29, 0.717) is 19.7 Å². The van der Waals surface area contributed by atoms with E-state index in [1.807, 2.05) is 18.2 Å². The van der Waals surface area contributed by atoms with Gasteiger partial charge in [0.15, 0.2) is 5.96 Å². The van der Waals surface area contributed by atoms with Crippen molar-refractivity contribution in [1.82, 2.24) is 10.6 Å². The second-order valence-corrected chi connectivity index (χ2v) is 7.35. The molecular formula is C22H32IN3O2. The fourth-order valence-corrected chi connectivity index (χ4v) is 2.50. The normalized spacial score (nSPS) is 11.5. The molecule has 2 aromatic rings. The Bertz CT molecular complexity index is 757. The lowest BCUT2D eigenvalue weighted by Gasteiger charge is -2.19. The van der Waals surface area contributed by atoms with Gasteiger partial charge < -0.3 is 20.1 Å². The molecule has 0 heterocycles. The molecule has 6 heteroatoms. The van der Waals surface area contributed by atoms with Crippen LogP contribution in [-0.2, 0) is 24.4 Å². The average Bonchev–Trinajstić information content (AvgIpc) is 2.66. The summed E-state index contributed by atoms with van der Waals surface area (Å²) in [5, 5.41) is 6.68. The van der Waals surface area contributed by atoms with E-state index in [4.69, 9.17) is 9.47 Å². The Kier molecular flexibility index (Phi) is 10.3. The number of nitrogens with one attached hydrogen (secondary N) is 2. The maximum absolute atomic E-state index is 5.86. The van der Waals surface area contributed by atoms with Crippen LogP contribution in [-0.4, -0.2) is 25.7 Å². The third kappa shape index (κ3) is 8.93. The Labute approximate surface area is 186 Å². The van der Waals surface area contributed by atoms with Crippen molar-refractivity contribution in [2.75, 3.05) is 14.2 Å². The molecule has 0 unspecified atom stereocenters. The number of ether oxygens (including phenoxy) is 2. The van der Waals surface area contributed by atoms with Crippen LogP contribution in [0.1, 0.15) is 37.5 Å². The molecule has 0 amide bonds. The van der Waals surface area contributed by atoms with E-state index in [1.165, 1.54) is 11.1 Å². The summed E-state index contributed by atoms with van der Waals surface area (Å²) in [6, 6.07) is 16.4. The first-order valence-corrected chi connectivity index (χ1v) is 9.19. The lowest BCUT2D eigenvalue weighted by molar-refractivity contribution is -0.0149. The van der Waals surface area contributed by atoms with Crippen LogP contribution in [0.2, 0.25) is 0 Å². The molecule has 0 saturated carbocycles. The summed E-state index contributed by atoms with van der Waals surface area (Å²) in [6.07, 6.45) is 0. The van der Waals surface area contributed by atoms with E-state index in [0.717, 1.165) is 17.3 Å². The van der Waals surface area contributed by atoms with Crippen LogP contribution in [0.3, 0.4) is 0 Å². The standard InChI is InChI=1S/C22H31N3O2.HI/c1-22(2,3)27-16-19-10-6-8-17(12-19)14-24-21(23-4)25-15-18-9-7-11-20(13-18)26-5;/h6-13H,14-16H2,1-5H3,(H2,23,24,25);1H. The zero-order valence-corrected chi connectivity index (χ0v) is 19.7. The monoisotopic (exact) mass is 497 g/mol. The smallest absolute Gasteiger partial charge is 0.191 e. The second-order valence-electron chi connectivity index (χ2n) is 7.35. The molecule has 0 fully saturated rings. The summed E-state index contributed by atoms with van der Waals surface area (Å²) >= 11 is 0. The first-order chi connectivity index (χ1) is 12.9. The first kappa shape index (κ1) is 24.2. The fraction of sp³-hybridized carbons (Fsp3) is 0.409. The second kappa shape index (κ2) is 11.9. The number of methoxy groups -OCH3 is 1. The Balaban J connectivity index is 0.00000392. The van der Waals surface area contributed by atoms with Crippen LogP contribution >= 0.6 is 24.0 Å². The van der Waals surface area contributed by atoms with Gasteiger partial charge in [-0.1, -0.05) is 36.4 Å². The molecule has 2 aromatic carbocycles. The highest BCUT2D eigenvalue weighted by atomic mass is 127. The lowest BCUT2D eigenvalue weighted by atomic mass is 10.1. The van der Waals surface area contributed by atoms with E-state index >= 15 is 0 Å². The number of guanidine groups is 1. The zero-order valence-electron chi connectivity index (χ0n) is 17.4. The van der Waals surface area contributed by atoms with Gasteiger partial charge in [0.2, 0.25) is 0 Å². The van der Waals surface area contributed by atoms with Gasteiger partial charge in [-0.05, 0) is 49.6 Å². The van der Waals surface area contributed by atoms with Crippen LogP contribution in [0.15, 0.2) is 53.5 Å². The molecule has 154 valence electrons. The summed E-state index contributed by atoms with van der Waals surface area (Å²) in [5.74, 6) is 1.61. The van der Waals surface area contributed by atoms with Gasteiger partial charge in [-0.3, -0.25) is 4.99 Å². The highest BCUT2D eigenvalue weighted by molar-refractivity contribution is 14.0. The Hall–Kier alpha value is -1.80. The molecule has 0 aliphatic rings. The van der Waals surface area contributed by atoms with Crippen molar-refractivity contribution >= 4 is 29.9 Å². The number of hydrogen-bond donors (Lipinski definition) is 2. The number of halogens is 1. The number of nitrogens with zero attached hydrogens (tertiary/aromatic N) is 1. The fourth-order valence-electron chi connectivity index (χ4n) is 2.50. The minimum Gasteiger partial charge on any atom is -0.497 e. The van der Waals surface area contributed by atoms with Crippen molar-refractivity contribution in [3.05, 3.63) is 65.2 Å². The van der Waals surface area contributed by atoms with Gasteiger partial charge in [0.1, 0.15) is 5.75 Å². The molecule has 0 saturated heterocycles. The predicted molar refractivity (Wildman–Crippen MR) is 126 cm³/mol. The minimum atomic E-state index is -0.139. The van der Waals surface area contributed by atoms with E-state index in [2.05, 4.69) is 66.7 Å². The Morgan fingerprint density at radius 1 is 0.929 bits per heavy atom. The molecule has 2 rings (SSSR count). The Morgan fingerprint density at radius 3 is 2.07 bits per heavy atom. The molecule has 0 bridgehead atoms. The third-order valence-corrected chi connectivity index (χ3v) is 3.94. The van der Waals surface area contributed by atoms with Crippen LogP contribution in [0.25, 0.3) is 0 Å². The summed E-state index contributed by atoms with van der Waals surface area (Å²) in [6.45, 7) is 8.18. The van der Waals surface area contributed by atoms with Crippen molar-refractivity contribution in [3.63, 3.8) is 0 Å². The molecule has 0 atom stereocenters. The van der Waals surface area contributed by atoms with Crippen molar-refractivity contribution < 1.29 is 9.47 Å². The first-order valence-electron chi connectivity index (χ1n) is 9.19. The van der Waals surface area contributed by atoms with Crippen LogP contribution < -0.4 is 15.4 Å². The topological polar surface area (TPSA) is 54.9 Å². The van der Waals surface area contributed by atoms with Crippen LogP contribution in [0.5, 0.6) is 5.75 Å². The average molecular weight is 497 g/mol. The predicted octanol–water partition coefficient (Wildman–Crippen LogP) is 4.49. The van der Waals surface area contributed by atoms with Crippen LogP contribution in [0, 0.1) is 0 Å². The third-order valence-electron chi connectivity index (χ3n) is 3.94. The van der Waals surface area contributed by atoms with Gasteiger partial charge in [0.05, 0.1) is 19.3 Å². The highest BCUT2D eigenvalue weighted by Crippen LogP contribution is 2.14. The molecule has 0 aliphatic heterocycles. The largest absolute Gasteiger partial charge is 0.497 e. The van der Waals surface area contributed by atoms with E-state index in [1.54, 1.807) is 14.2 Å². The van der Waals surface area contributed by atoms with Crippen LogP contribution in [0.4, 0.5) is 0 Å². The van der Waals surface area contributed by atoms with E-state index in [9.17, 15) is 0 Å². The van der Waals surface area contributed by atoms with Crippen molar-refractivity contribution in [1.29, 1.82) is 0 Å². The summed E-state index contributed by atoms with van der Waals surface area (Å²) in [4.78, 5) is 4.29. The SMILES string of the molecule is CN=C(NCc1cccc(COC(C)(C)C)c1)NCc1cccc(OC)c1.I. The van der Waals surface area contributed by atoms with Gasteiger partial charge in [-0.25, -0.2) is 0 Å². The zero-order chi connectivity index (χ0) is 19.7. The number of rotatable bonds is 7. The lowest BCUT2D eigenvalue weighted by Crippen LogP contribution is -2.36. The summed E-state index contributed by atoms with van der Waals surface area (Å²) < 4.78 is 11.1. The molecule has 0 aromatic heterocycles. The van der Waals surface area contributed by atoms with Gasteiger partial charge in [0, 0.05) is 20.1 Å². The van der Waals surface area contributed by atoms with Gasteiger partial charge in [0.25, 0.3) is 0 Å². The maximum Gasteiger partial charge on any atom is 0.191 e. The molecule has 0 aliphatic carbocycles. The molecule has 5 nitrogen and oxygen atoms in total. The van der Waals surface area contributed by atoms with Gasteiger partial charge in [-0.2, -0.15) is 0 Å². The van der Waals surface area contributed by atoms with Crippen molar-refractivity contribution in [3.8, 4) is 5.75 Å². The molecule has 2 N–H and O–H groups in total. The van der Waals surface area contributed by atoms with E-state index in [-0.39, 0.29) is 29.6 Å².